The third kappa shape index (κ3) is 3.50. The third-order valence-electron chi connectivity index (χ3n) is 2.11. The summed E-state index contributed by atoms with van der Waals surface area (Å²) in [5, 5.41) is 0. The molecule has 0 saturated carbocycles. The highest BCUT2D eigenvalue weighted by Crippen LogP contribution is 2.51. The molecule has 0 saturated heterocycles. The van der Waals surface area contributed by atoms with Gasteiger partial charge in [-0.15, -0.1) is 0 Å². The highest BCUT2D eigenvalue weighted by Gasteiger charge is 2.34. The standard InChI is InChI=1S/C12H17O4P/c1-4-15-17(14,16-5-2)12(13)11-8-6-7-10(3)9-11/h6-9H,4-5H2,1-3H3. The summed E-state index contributed by atoms with van der Waals surface area (Å²) < 4.78 is 22.3. The molecule has 0 N–H and O–H groups in total. The van der Waals surface area contributed by atoms with E-state index < -0.39 is 13.1 Å². The second-order valence-corrected chi connectivity index (χ2v) is 5.43. The monoisotopic (exact) mass is 256 g/mol. The first-order valence-corrected chi connectivity index (χ1v) is 7.08. The lowest BCUT2D eigenvalue weighted by molar-refractivity contribution is 0.100. The Bertz CT molecular complexity index is 432. The molecular formula is C12H17O4P. The molecule has 0 aliphatic carbocycles. The molecule has 1 aromatic rings. The average Bonchev–Trinajstić information content (AvgIpc) is 2.28. The summed E-state index contributed by atoms with van der Waals surface area (Å²) in [7, 11) is -3.69. The van der Waals surface area contributed by atoms with E-state index in [9.17, 15) is 9.36 Å². The minimum Gasteiger partial charge on any atom is -0.303 e. The molecule has 0 fully saturated rings. The maximum absolute atomic E-state index is 12.2. The summed E-state index contributed by atoms with van der Waals surface area (Å²) in [6.45, 7) is 5.57. The number of hydrogen-bond donors (Lipinski definition) is 0. The Kier molecular flexibility index (Phi) is 5.06. The molecule has 0 aliphatic heterocycles. The quantitative estimate of drug-likeness (QED) is 0.732. The van der Waals surface area contributed by atoms with Gasteiger partial charge >= 0.3 is 7.60 Å². The van der Waals surface area contributed by atoms with Gasteiger partial charge in [0.15, 0.2) is 0 Å². The second kappa shape index (κ2) is 6.10. The molecule has 0 spiro atoms. The normalized spacial score (nSPS) is 11.5. The van der Waals surface area contributed by atoms with E-state index in [0.717, 1.165) is 5.56 Å². The molecule has 0 amide bonds. The lowest BCUT2D eigenvalue weighted by Crippen LogP contribution is -2.07. The van der Waals surface area contributed by atoms with Crippen molar-refractivity contribution < 1.29 is 18.4 Å². The molecule has 1 aromatic carbocycles. The van der Waals surface area contributed by atoms with Crippen LogP contribution in [0.2, 0.25) is 0 Å². The van der Waals surface area contributed by atoms with Crippen molar-refractivity contribution in [3.63, 3.8) is 0 Å². The van der Waals surface area contributed by atoms with Crippen molar-refractivity contribution in [1.82, 2.24) is 0 Å². The van der Waals surface area contributed by atoms with Crippen LogP contribution in [-0.2, 0) is 13.6 Å². The molecule has 17 heavy (non-hydrogen) atoms. The molecule has 0 bridgehead atoms. The molecule has 0 unspecified atom stereocenters. The van der Waals surface area contributed by atoms with Crippen LogP contribution in [0, 0.1) is 6.92 Å². The van der Waals surface area contributed by atoms with E-state index in [1.54, 1.807) is 32.0 Å². The van der Waals surface area contributed by atoms with Crippen molar-refractivity contribution in [2.24, 2.45) is 0 Å². The van der Waals surface area contributed by atoms with E-state index >= 15 is 0 Å². The topological polar surface area (TPSA) is 52.6 Å². The van der Waals surface area contributed by atoms with Crippen LogP contribution in [0.15, 0.2) is 24.3 Å². The molecule has 0 aliphatic rings. The van der Waals surface area contributed by atoms with Crippen LogP contribution in [0.1, 0.15) is 29.8 Å². The zero-order valence-corrected chi connectivity index (χ0v) is 11.2. The van der Waals surface area contributed by atoms with Crippen LogP contribution in [0.4, 0.5) is 0 Å². The first kappa shape index (κ1) is 14.1. The van der Waals surface area contributed by atoms with Gasteiger partial charge in [-0.2, -0.15) is 0 Å². The smallest absolute Gasteiger partial charge is 0.303 e. The Morgan fingerprint density at radius 1 is 1.24 bits per heavy atom. The first-order chi connectivity index (χ1) is 8.03. The highest BCUT2D eigenvalue weighted by atomic mass is 31.2. The third-order valence-corrected chi connectivity index (χ3v) is 4.06. The second-order valence-electron chi connectivity index (χ2n) is 3.51. The predicted octanol–water partition coefficient (Wildman–Crippen LogP) is 3.40. The number of carbonyl (C=O) groups excluding carboxylic acids is 1. The van der Waals surface area contributed by atoms with Crippen molar-refractivity contribution in [3.8, 4) is 0 Å². The zero-order chi connectivity index (χ0) is 12.9. The van der Waals surface area contributed by atoms with E-state index in [1.165, 1.54) is 0 Å². The van der Waals surface area contributed by atoms with Crippen LogP contribution in [-0.4, -0.2) is 18.7 Å². The van der Waals surface area contributed by atoms with Crippen molar-refractivity contribution in [2.45, 2.75) is 20.8 Å². The van der Waals surface area contributed by atoms with E-state index in [1.807, 2.05) is 13.0 Å². The van der Waals surface area contributed by atoms with E-state index in [2.05, 4.69) is 0 Å². The van der Waals surface area contributed by atoms with Crippen molar-refractivity contribution in [1.29, 1.82) is 0 Å². The van der Waals surface area contributed by atoms with Crippen molar-refractivity contribution >= 4 is 13.1 Å². The highest BCUT2D eigenvalue weighted by molar-refractivity contribution is 7.72. The molecule has 94 valence electrons. The molecule has 4 nitrogen and oxygen atoms in total. The van der Waals surface area contributed by atoms with Gasteiger partial charge < -0.3 is 9.05 Å². The van der Waals surface area contributed by atoms with Gasteiger partial charge in [-0.25, -0.2) is 0 Å². The molecule has 1 rings (SSSR count). The summed E-state index contributed by atoms with van der Waals surface area (Å²) in [5.74, 6) is 0. The lowest BCUT2D eigenvalue weighted by Gasteiger charge is -2.15. The average molecular weight is 256 g/mol. The van der Waals surface area contributed by atoms with Gasteiger partial charge in [-0.3, -0.25) is 9.36 Å². The van der Waals surface area contributed by atoms with E-state index in [-0.39, 0.29) is 13.2 Å². The van der Waals surface area contributed by atoms with Crippen LogP contribution in [0.25, 0.3) is 0 Å². The molecule has 5 heteroatoms. The predicted molar refractivity (Wildman–Crippen MR) is 66.4 cm³/mol. The number of carbonyl (C=O) groups is 1. The van der Waals surface area contributed by atoms with Gasteiger partial charge in [0.05, 0.1) is 13.2 Å². The Balaban J connectivity index is 3.04. The minimum atomic E-state index is -3.69. The molecular weight excluding hydrogens is 239 g/mol. The number of aryl methyl sites for hydroxylation is 1. The fourth-order valence-corrected chi connectivity index (χ4v) is 2.87. The number of rotatable bonds is 6. The summed E-state index contributed by atoms with van der Waals surface area (Å²) in [4.78, 5) is 12.1. The molecule has 0 atom stereocenters. The van der Waals surface area contributed by atoms with E-state index in [0.29, 0.717) is 5.56 Å². The van der Waals surface area contributed by atoms with Gasteiger partial charge in [-0.05, 0) is 26.8 Å². The molecule has 0 radical (unpaired) electrons. The Hall–Kier alpha value is -0.960. The van der Waals surface area contributed by atoms with Crippen LogP contribution in [0.5, 0.6) is 0 Å². The van der Waals surface area contributed by atoms with Crippen LogP contribution in [0.3, 0.4) is 0 Å². The van der Waals surface area contributed by atoms with Crippen molar-refractivity contribution in [2.75, 3.05) is 13.2 Å². The van der Waals surface area contributed by atoms with Crippen LogP contribution >= 0.6 is 7.60 Å². The van der Waals surface area contributed by atoms with E-state index in [4.69, 9.17) is 9.05 Å². The Labute approximate surface area is 101 Å². The summed E-state index contributed by atoms with van der Waals surface area (Å²) >= 11 is 0. The summed E-state index contributed by atoms with van der Waals surface area (Å²) in [6, 6.07) is 6.89. The Morgan fingerprint density at radius 2 is 1.82 bits per heavy atom. The van der Waals surface area contributed by atoms with Crippen LogP contribution < -0.4 is 0 Å². The number of hydrogen-bond acceptors (Lipinski definition) is 4. The minimum absolute atomic E-state index is 0.175. The fraction of sp³-hybridized carbons (Fsp3) is 0.417. The zero-order valence-electron chi connectivity index (χ0n) is 10.3. The number of benzene rings is 1. The molecule has 0 heterocycles. The molecule has 0 aromatic heterocycles. The maximum Gasteiger partial charge on any atom is 0.401 e. The van der Waals surface area contributed by atoms with Crippen molar-refractivity contribution in [3.05, 3.63) is 35.4 Å². The first-order valence-electron chi connectivity index (χ1n) is 5.54. The SMILES string of the molecule is CCOP(=O)(OCC)C(=O)c1cccc(C)c1. The summed E-state index contributed by atoms with van der Waals surface area (Å²) in [6.07, 6.45) is 0. The van der Waals surface area contributed by atoms with Gasteiger partial charge in [-0.1, -0.05) is 23.8 Å². The lowest BCUT2D eigenvalue weighted by atomic mass is 10.2. The van der Waals surface area contributed by atoms with Gasteiger partial charge in [0.1, 0.15) is 0 Å². The van der Waals surface area contributed by atoms with Gasteiger partial charge in [0.25, 0.3) is 5.52 Å². The maximum atomic E-state index is 12.2. The Morgan fingerprint density at radius 3 is 2.29 bits per heavy atom. The largest absolute Gasteiger partial charge is 0.401 e. The van der Waals surface area contributed by atoms with Gasteiger partial charge in [0.2, 0.25) is 0 Å². The van der Waals surface area contributed by atoms with Gasteiger partial charge in [0, 0.05) is 5.56 Å². The fourth-order valence-electron chi connectivity index (χ4n) is 1.43. The summed E-state index contributed by atoms with van der Waals surface area (Å²) in [5.41, 5.74) is 0.704.